The maximum absolute atomic E-state index is 13.4. The second-order valence-electron chi connectivity index (χ2n) is 8.03. The molecular weight excluding hydrogens is 372 g/mol. The third kappa shape index (κ3) is 3.35. The number of benzene rings is 2. The summed E-state index contributed by atoms with van der Waals surface area (Å²) in [6.07, 6.45) is 0. The number of fused-ring (bicyclic) bond motifs is 1. The first-order valence-electron chi connectivity index (χ1n) is 9.20. The molecule has 0 spiro atoms. The van der Waals surface area contributed by atoms with Crippen LogP contribution in [0.1, 0.15) is 66.5 Å². The van der Waals surface area contributed by atoms with E-state index < -0.39 is 29.1 Å². The Morgan fingerprint density at radius 1 is 0.862 bits per heavy atom. The summed E-state index contributed by atoms with van der Waals surface area (Å²) >= 11 is 0. The molecule has 0 saturated carbocycles. The number of hydrogen-bond donors (Lipinski definition) is 0. The molecule has 2 aromatic carbocycles. The zero-order valence-electron chi connectivity index (χ0n) is 17.0. The minimum absolute atomic E-state index is 0.00116. The van der Waals surface area contributed by atoms with Crippen molar-refractivity contribution in [2.75, 3.05) is 0 Å². The summed E-state index contributed by atoms with van der Waals surface area (Å²) in [6, 6.07) is 11.2. The van der Waals surface area contributed by atoms with Crippen LogP contribution in [0.15, 0.2) is 42.5 Å². The van der Waals surface area contributed by atoms with Crippen LogP contribution in [-0.2, 0) is 25.3 Å². The summed E-state index contributed by atoms with van der Waals surface area (Å²) in [7, 11) is 0. The van der Waals surface area contributed by atoms with Crippen LogP contribution >= 0.6 is 0 Å². The van der Waals surface area contributed by atoms with Gasteiger partial charge in [0.05, 0.1) is 5.56 Å². The third-order valence-electron chi connectivity index (χ3n) is 4.83. The van der Waals surface area contributed by atoms with Gasteiger partial charge in [-0.05, 0) is 23.1 Å². The van der Waals surface area contributed by atoms with Gasteiger partial charge in [-0.1, -0.05) is 51.1 Å². The first-order valence-corrected chi connectivity index (χ1v) is 9.20. The molecule has 6 nitrogen and oxygen atoms in total. The van der Waals surface area contributed by atoms with Gasteiger partial charge in [-0.3, -0.25) is 19.2 Å². The zero-order valence-corrected chi connectivity index (χ0v) is 17.0. The Balaban J connectivity index is 2.36. The Hall–Kier alpha value is -3.28. The van der Waals surface area contributed by atoms with Gasteiger partial charge >= 0.3 is 11.9 Å². The molecular formula is C23H22O6. The van der Waals surface area contributed by atoms with E-state index in [1.165, 1.54) is 25.1 Å². The van der Waals surface area contributed by atoms with Gasteiger partial charge in [0.25, 0.3) is 5.60 Å². The summed E-state index contributed by atoms with van der Waals surface area (Å²) in [5.74, 6) is -2.74. The lowest BCUT2D eigenvalue weighted by molar-refractivity contribution is -0.149. The normalized spacial score (nSPS) is 15.1. The van der Waals surface area contributed by atoms with E-state index in [0.717, 1.165) is 12.5 Å². The minimum atomic E-state index is -2.23. The topological polar surface area (TPSA) is 86.7 Å². The van der Waals surface area contributed by atoms with E-state index in [1.54, 1.807) is 24.3 Å². The smallest absolute Gasteiger partial charge is 0.308 e. The summed E-state index contributed by atoms with van der Waals surface area (Å²) in [4.78, 5) is 50.5. The number of ether oxygens (including phenoxy) is 2. The van der Waals surface area contributed by atoms with Crippen LogP contribution in [0.25, 0.3) is 0 Å². The maximum atomic E-state index is 13.4. The molecule has 29 heavy (non-hydrogen) atoms. The SMILES string of the molecule is CC(=O)Oc1ccc(C(C)(C)C)cc1C1(OC(C)=O)C(=O)c2ccccc2C1=O. The van der Waals surface area contributed by atoms with Gasteiger partial charge in [0.2, 0.25) is 11.6 Å². The molecule has 0 aromatic heterocycles. The highest BCUT2D eigenvalue weighted by Crippen LogP contribution is 2.45. The van der Waals surface area contributed by atoms with Gasteiger partial charge in [0, 0.05) is 25.0 Å². The van der Waals surface area contributed by atoms with E-state index in [9.17, 15) is 19.2 Å². The van der Waals surface area contributed by atoms with E-state index in [4.69, 9.17) is 9.47 Å². The number of carbonyl (C=O) groups is 4. The highest BCUT2D eigenvalue weighted by molar-refractivity contribution is 6.32. The zero-order chi connectivity index (χ0) is 21.6. The van der Waals surface area contributed by atoms with Crippen LogP contribution in [0.2, 0.25) is 0 Å². The van der Waals surface area contributed by atoms with Crippen LogP contribution in [0.5, 0.6) is 5.75 Å². The molecule has 0 aliphatic heterocycles. The molecule has 0 bridgehead atoms. The number of Topliss-reactive ketones (excluding diaryl/α,β-unsaturated/α-hetero) is 2. The van der Waals surface area contributed by atoms with Gasteiger partial charge in [-0.15, -0.1) is 0 Å². The van der Waals surface area contributed by atoms with Crippen LogP contribution in [0.4, 0.5) is 0 Å². The Kier molecular flexibility index (Phi) is 4.91. The summed E-state index contributed by atoms with van der Waals surface area (Å²) < 4.78 is 10.7. The molecule has 0 atom stereocenters. The van der Waals surface area contributed by atoms with Crippen LogP contribution in [-0.4, -0.2) is 23.5 Å². The Bertz CT molecular complexity index is 1010. The van der Waals surface area contributed by atoms with Crippen molar-refractivity contribution in [3.05, 3.63) is 64.7 Å². The van der Waals surface area contributed by atoms with Gasteiger partial charge in [0.15, 0.2) is 0 Å². The van der Waals surface area contributed by atoms with Crippen LogP contribution in [0.3, 0.4) is 0 Å². The van der Waals surface area contributed by atoms with Gasteiger partial charge in [-0.25, -0.2) is 0 Å². The van der Waals surface area contributed by atoms with E-state index >= 15 is 0 Å². The lowest BCUT2D eigenvalue weighted by Gasteiger charge is -2.29. The van der Waals surface area contributed by atoms with Crippen molar-refractivity contribution >= 4 is 23.5 Å². The van der Waals surface area contributed by atoms with Gasteiger partial charge < -0.3 is 9.47 Å². The first kappa shape index (κ1) is 20.5. The maximum Gasteiger partial charge on any atom is 0.308 e. The Morgan fingerprint density at radius 3 is 1.86 bits per heavy atom. The summed E-state index contributed by atoms with van der Waals surface area (Å²) in [6.45, 7) is 8.23. The van der Waals surface area contributed by atoms with Crippen molar-refractivity contribution in [3.63, 3.8) is 0 Å². The Morgan fingerprint density at radius 2 is 1.41 bits per heavy atom. The minimum Gasteiger partial charge on any atom is -0.437 e. The fourth-order valence-electron chi connectivity index (χ4n) is 3.48. The van der Waals surface area contributed by atoms with Crippen molar-refractivity contribution in [2.24, 2.45) is 0 Å². The second-order valence-corrected chi connectivity index (χ2v) is 8.03. The van der Waals surface area contributed by atoms with Crippen molar-refractivity contribution < 1.29 is 28.7 Å². The van der Waals surface area contributed by atoms with Crippen LogP contribution in [0, 0.1) is 0 Å². The lowest BCUT2D eigenvalue weighted by Crippen LogP contribution is -2.43. The highest BCUT2D eigenvalue weighted by atomic mass is 16.6. The van der Waals surface area contributed by atoms with Gasteiger partial charge in [0.1, 0.15) is 5.75 Å². The number of hydrogen-bond acceptors (Lipinski definition) is 6. The molecule has 150 valence electrons. The number of ketones is 2. The van der Waals surface area contributed by atoms with Crippen molar-refractivity contribution in [2.45, 2.75) is 45.6 Å². The summed E-state index contributed by atoms with van der Waals surface area (Å²) in [5, 5.41) is 0. The molecule has 0 amide bonds. The second kappa shape index (κ2) is 6.95. The number of rotatable bonds is 3. The molecule has 0 N–H and O–H groups in total. The van der Waals surface area contributed by atoms with Crippen molar-refractivity contribution in [3.8, 4) is 5.75 Å². The quantitative estimate of drug-likeness (QED) is 0.448. The molecule has 0 saturated heterocycles. The molecule has 6 heteroatoms. The highest BCUT2D eigenvalue weighted by Gasteiger charge is 2.59. The molecule has 1 aliphatic carbocycles. The largest absolute Gasteiger partial charge is 0.437 e. The Labute approximate surface area is 168 Å². The number of carbonyl (C=O) groups excluding carboxylic acids is 4. The molecule has 1 aliphatic rings. The van der Waals surface area contributed by atoms with Crippen LogP contribution < -0.4 is 4.74 Å². The van der Waals surface area contributed by atoms with E-state index in [1.807, 2.05) is 20.8 Å². The fraction of sp³-hybridized carbons (Fsp3) is 0.304. The average Bonchev–Trinajstić information content (AvgIpc) is 2.83. The molecule has 2 aromatic rings. The lowest BCUT2D eigenvalue weighted by atomic mass is 9.81. The van der Waals surface area contributed by atoms with Crippen molar-refractivity contribution in [1.82, 2.24) is 0 Å². The first-order chi connectivity index (χ1) is 13.5. The number of esters is 2. The molecule has 0 heterocycles. The monoisotopic (exact) mass is 394 g/mol. The van der Waals surface area contributed by atoms with E-state index in [0.29, 0.717) is 0 Å². The predicted molar refractivity (Wildman–Crippen MR) is 105 cm³/mol. The van der Waals surface area contributed by atoms with Gasteiger partial charge in [-0.2, -0.15) is 0 Å². The molecule has 3 rings (SSSR count). The summed E-state index contributed by atoms with van der Waals surface area (Å²) in [5.41, 5.74) is -1.42. The molecule has 0 fully saturated rings. The van der Waals surface area contributed by atoms with E-state index in [-0.39, 0.29) is 27.9 Å². The predicted octanol–water partition coefficient (Wildman–Crippen LogP) is 3.75. The van der Waals surface area contributed by atoms with Crippen molar-refractivity contribution in [1.29, 1.82) is 0 Å². The fourth-order valence-corrected chi connectivity index (χ4v) is 3.48. The molecule has 0 unspecified atom stereocenters. The third-order valence-corrected chi connectivity index (χ3v) is 4.83. The van der Waals surface area contributed by atoms with E-state index in [2.05, 4.69) is 0 Å². The average molecular weight is 394 g/mol. The standard InChI is InChI=1S/C23H22O6/c1-13(24)28-19-11-10-15(22(3,4)5)12-18(19)23(29-14(2)25)20(26)16-8-6-7-9-17(16)21(23)27/h6-12H,1-5H3. The molecule has 0 radical (unpaired) electrons.